The third kappa shape index (κ3) is 2.42. The molecule has 0 aromatic carbocycles. The molecular formula is C11H9F3N4O2. The molecular weight excluding hydrogens is 277 g/mol. The third-order valence-electron chi connectivity index (χ3n) is 2.50. The van der Waals surface area contributed by atoms with Crippen molar-refractivity contribution in [3.63, 3.8) is 0 Å². The Morgan fingerprint density at radius 1 is 1.35 bits per heavy atom. The van der Waals surface area contributed by atoms with E-state index in [-0.39, 0.29) is 17.2 Å². The number of aromatic nitrogens is 3. The monoisotopic (exact) mass is 286 g/mol. The zero-order valence-electron chi connectivity index (χ0n) is 10.2. The molecule has 0 fully saturated rings. The standard InChI is InChI=1S/C11H9F3N4O2/c1-20-10(19)8-9(15)18(5-17-8)6-2-3-7(16-4-6)11(12,13)14/h2-5H,15H2,1H3. The first-order valence-electron chi connectivity index (χ1n) is 5.29. The fraction of sp³-hybridized carbons (Fsp3) is 0.182. The Bertz CT molecular complexity index is 634. The van der Waals surface area contributed by atoms with Gasteiger partial charge in [-0.1, -0.05) is 0 Å². The van der Waals surface area contributed by atoms with E-state index in [1.54, 1.807) is 0 Å². The number of ether oxygens (including phenoxy) is 1. The van der Waals surface area contributed by atoms with Crippen LogP contribution in [-0.4, -0.2) is 27.6 Å². The van der Waals surface area contributed by atoms with Gasteiger partial charge in [0.15, 0.2) is 5.69 Å². The topological polar surface area (TPSA) is 83.0 Å². The Hall–Kier alpha value is -2.58. The van der Waals surface area contributed by atoms with Crippen molar-refractivity contribution >= 4 is 11.8 Å². The number of halogens is 3. The van der Waals surface area contributed by atoms with Gasteiger partial charge in [-0.05, 0) is 12.1 Å². The number of methoxy groups -OCH3 is 1. The second-order valence-corrected chi connectivity index (χ2v) is 3.74. The van der Waals surface area contributed by atoms with Crippen LogP contribution in [0, 0.1) is 0 Å². The van der Waals surface area contributed by atoms with Crippen molar-refractivity contribution in [3.05, 3.63) is 36.0 Å². The van der Waals surface area contributed by atoms with E-state index >= 15 is 0 Å². The van der Waals surface area contributed by atoms with Crippen LogP contribution in [0.15, 0.2) is 24.7 Å². The maximum absolute atomic E-state index is 12.4. The van der Waals surface area contributed by atoms with E-state index in [0.717, 1.165) is 12.3 Å². The van der Waals surface area contributed by atoms with Crippen LogP contribution in [0.1, 0.15) is 16.2 Å². The average molecular weight is 286 g/mol. The molecule has 0 atom stereocenters. The number of nitrogen functional groups attached to an aromatic ring is 1. The number of pyridine rings is 1. The van der Waals surface area contributed by atoms with Gasteiger partial charge in [-0.15, -0.1) is 0 Å². The van der Waals surface area contributed by atoms with Gasteiger partial charge in [-0.25, -0.2) is 14.8 Å². The van der Waals surface area contributed by atoms with E-state index < -0.39 is 17.8 Å². The highest BCUT2D eigenvalue weighted by atomic mass is 19.4. The number of carbonyl (C=O) groups is 1. The molecule has 0 aliphatic carbocycles. The molecule has 2 heterocycles. The van der Waals surface area contributed by atoms with Crippen molar-refractivity contribution in [1.82, 2.24) is 14.5 Å². The first kappa shape index (κ1) is 13.8. The Balaban J connectivity index is 2.38. The summed E-state index contributed by atoms with van der Waals surface area (Å²) in [5, 5.41) is 0. The molecule has 0 aliphatic heterocycles. The number of imidazole rings is 1. The van der Waals surface area contributed by atoms with Gasteiger partial charge in [0, 0.05) is 0 Å². The van der Waals surface area contributed by atoms with E-state index in [9.17, 15) is 18.0 Å². The highest BCUT2D eigenvalue weighted by Crippen LogP contribution is 2.28. The second kappa shape index (κ2) is 4.83. The minimum Gasteiger partial charge on any atom is -0.464 e. The lowest BCUT2D eigenvalue weighted by Crippen LogP contribution is -2.09. The molecule has 2 aromatic rings. The SMILES string of the molecule is COC(=O)c1ncn(-c2ccc(C(F)(F)F)nc2)c1N. The highest BCUT2D eigenvalue weighted by Gasteiger charge is 2.32. The summed E-state index contributed by atoms with van der Waals surface area (Å²) in [5.74, 6) is -0.778. The lowest BCUT2D eigenvalue weighted by Gasteiger charge is -2.08. The molecule has 2 aromatic heterocycles. The molecule has 0 saturated heterocycles. The van der Waals surface area contributed by atoms with Gasteiger partial charge in [0.05, 0.1) is 19.0 Å². The minimum atomic E-state index is -4.52. The molecule has 0 bridgehead atoms. The molecule has 2 rings (SSSR count). The number of alkyl halides is 3. The lowest BCUT2D eigenvalue weighted by atomic mass is 10.3. The molecule has 0 saturated carbocycles. The maximum atomic E-state index is 12.4. The first-order valence-corrected chi connectivity index (χ1v) is 5.29. The Kier molecular flexibility index (Phi) is 3.35. The number of hydrogen-bond acceptors (Lipinski definition) is 5. The van der Waals surface area contributed by atoms with Crippen molar-refractivity contribution in [2.75, 3.05) is 12.8 Å². The summed E-state index contributed by atoms with van der Waals surface area (Å²) in [6.07, 6.45) is -2.33. The number of hydrogen-bond donors (Lipinski definition) is 1. The summed E-state index contributed by atoms with van der Waals surface area (Å²) in [6, 6.07) is 1.99. The van der Waals surface area contributed by atoms with Gasteiger partial charge in [0.1, 0.15) is 17.8 Å². The van der Waals surface area contributed by atoms with Crippen molar-refractivity contribution in [2.45, 2.75) is 6.18 Å². The van der Waals surface area contributed by atoms with Crippen LogP contribution >= 0.6 is 0 Å². The van der Waals surface area contributed by atoms with E-state index in [4.69, 9.17) is 5.73 Å². The number of nitrogens with zero attached hydrogens (tertiary/aromatic N) is 3. The Morgan fingerprint density at radius 2 is 2.05 bits per heavy atom. The largest absolute Gasteiger partial charge is 0.464 e. The number of anilines is 1. The summed E-state index contributed by atoms with van der Waals surface area (Å²) in [4.78, 5) is 18.4. The van der Waals surface area contributed by atoms with Crippen LogP contribution < -0.4 is 5.73 Å². The fourth-order valence-electron chi connectivity index (χ4n) is 1.51. The molecule has 106 valence electrons. The van der Waals surface area contributed by atoms with E-state index in [2.05, 4.69) is 14.7 Å². The van der Waals surface area contributed by atoms with Crippen molar-refractivity contribution in [2.24, 2.45) is 0 Å². The average Bonchev–Trinajstić information content (AvgIpc) is 2.79. The molecule has 20 heavy (non-hydrogen) atoms. The van der Waals surface area contributed by atoms with Crippen LogP contribution in [0.4, 0.5) is 19.0 Å². The smallest absolute Gasteiger partial charge is 0.433 e. The second-order valence-electron chi connectivity index (χ2n) is 3.74. The molecule has 2 N–H and O–H groups in total. The molecule has 9 heteroatoms. The van der Waals surface area contributed by atoms with Gasteiger partial charge in [-0.2, -0.15) is 13.2 Å². The van der Waals surface area contributed by atoms with Crippen LogP contribution in [-0.2, 0) is 10.9 Å². The van der Waals surface area contributed by atoms with Crippen LogP contribution in [0.5, 0.6) is 0 Å². The van der Waals surface area contributed by atoms with Gasteiger partial charge in [0.2, 0.25) is 0 Å². The van der Waals surface area contributed by atoms with E-state index in [0.29, 0.717) is 0 Å². The predicted octanol–water partition coefficient (Wildman–Crippen LogP) is 1.65. The van der Waals surface area contributed by atoms with Gasteiger partial charge in [-0.3, -0.25) is 4.57 Å². The van der Waals surface area contributed by atoms with Gasteiger partial charge >= 0.3 is 12.1 Å². The lowest BCUT2D eigenvalue weighted by molar-refractivity contribution is -0.141. The highest BCUT2D eigenvalue weighted by molar-refractivity contribution is 5.92. The summed E-state index contributed by atoms with van der Waals surface area (Å²) < 4.78 is 42.9. The van der Waals surface area contributed by atoms with Crippen molar-refractivity contribution < 1.29 is 22.7 Å². The van der Waals surface area contributed by atoms with E-state index in [1.165, 1.54) is 24.1 Å². The third-order valence-corrected chi connectivity index (χ3v) is 2.50. The fourth-order valence-corrected chi connectivity index (χ4v) is 1.51. The zero-order valence-corrected chi connectivity index (χ0v) is 10.2. The number of esters is 1. The normalized spacial score (nSPS) is 11.4. The minimum absolute atomic E-state index is 0.0431. The van der Waals surface area contributed by atoms with Crippen LogP contribution in [0.25, 0.3) is 5.69 Å². The zero-order chi connectivity index (χ0) is 14.9. The predicted molar refractivity (Wildman–Crippen MR) is 62.1 cm³/mol. The maximum Gasteiger partial charge on any atom is 0.433 e. The molecule has 0 radical (unpaired) electrons. The Labute approximate surface area is 111 Å². The summed E-state index contributed by atoms with van der Waals surface area (Å²) in [6.45, 7) is 0. The first-order chi connectivity index (χ1) is 9.34. The molecule has 0 amide bonds. The molecule has 0 spiro atoms. The summed E-state index contributed by atoms with van der Waals surface area (Å²) >= 11 is 0. The van der Waals surface area contributed by atoms with Gasteiger partial charge in [0.25, 0.3) is 0 Å². The van der Waals surface area contributed by atoms with Crippen LogP contribution in [0.2, 0.25) is 0 Å². The number of rotatable bonds is 2. The molecule has 6 nitrogen and oxygen atoms in total. The summed E-state index contributed by atoms with van der Waals surface area (Å²) in [5.41, 5.74) is 4.80. The number of carbonyl (C=O) groups excluding carboxylic acids is 1. The Morgan fingerprint density at radius 3 is 2.55 bits per heavy atom. The van der Waals surface area contributed by atoms with E-state index in [1.807, 2.05) is 0 Å². The number of nitrogens with two attached hydrogens (primary N) is 1. The van der Waals surface area contributed by atoms with Crippen molar-refractivity contribution in [3.8, 4) is 5.69 Å². The molecule has 0 aliphatic rings. The van der Waals surface area contributed by atoms with Crippen molar-refractivity contribution in [1.29, 1.82) is 0 Å². The van der Waals surface area contributed by atoms with Crippen LogP contribution in [0.3, 0.4) is 0 Å². The van der Waals surface area contributed by atoms with Gasteiger partial charge < -0.3 is 10.5 Å². The quantitative estimate of drug-likeness (QED) is 0.849. The molecule has 0 unspecified atom stereocenters. The summed E-state index contributed by atoms with van der Waals surface area (Å²) in [7, 11) is 1.17.